The number of Topliss-reactive ketones (excluding diaryl/α,β-unsaturated/α-hetero) is 1. The van der Waals surface area contributed by atoms with Gasteiger partial charge in [0.05, 0.1) is 11.0 Å². The number of aliphatic hydroxyl groups is 1. The van der Waals surface area contributed by atoms with Gasteiger partial charge in [0.25, 0.3) is 0 Å². The highest BCUT2D eigenvalue weighted by Gasteiger charge is 2.20. The van der Waals surface area contributed by atoms with Crippen molar-refractivity contribution in [3.05, 3.63) is 52.0 Å². The predicted octanol–water partition coefficient (Wildman–Crippen LogP) is 5.98. The van der Waals surface area contributed by atoms with E-state index in [0.717, 1.165) is 48.3 Å². The zero-order valence-corrected chi connectivity index (χ0v) is 19.8. The second kappa shape index (κ2) is 11.1. The van der Waals surface area contributed by atoms with Crippen molar-refractivity contribution in [2.45, 2.75) is 52.0 Å². The molecule has 2 heterocycles. The number of benzene rings is 1. The molecule has 0 saturated heterocycles. The first kappa shape index (κ1) is 23.0. The van der Waals surface area contributed by atoms with Crippen molar-refractivity contribution in [1.82, 2.24) is 9.55 Å². The predicted molar refractivity (Wildman–Crippen MR) is 129 cm³/mol. The molecule has 0 radical (unpaired) electrons. The third-order valence-corrected chi connectivity index (χ3v) is 7.29. The average molecular weight is 445 g/mol. The zero-order chi connectivity index (χ0) is 21.5. The molecule has 0 aliphatic heterocycles. The third kappa shape index (κ3) is 5.34. The number of carbonyl (C=O) groups excluding carboxylic acids is 1. The number of carbonyl (C=O) groups is 1. The van der Waals surface area contributed by atoms with Crippen molar-refractivity contribution in [3.8, 4) is 0 Å². The lowest BCUT2D eigenvalue weighted by Gasteiger charge is -2.19. The van der Waals surface area contributed by atoms with Gasteiger partial charge in [0.1, 0.15) is 5.82 Å². The molecule has 0 amide bonds. The van der Waals surface area contributed by atoms with Crippen molar-refractivity contribution in [3.63, 3.8) is 0 Å². The van der Waals surface area contributed by atoms with Gasteiger partial charge in [-0.1, -0.05) is 19.9 Å². The number of thioether (sulfide) groups is 1. The minimum Gasteiger partial charge on any atom is -0.396 e. The number of imidazole rings is 1. The first-order valence-electron chi connectivity index (χ1n) is 10.8. The Morgan fingerprint density at radius 3 is 2.70 bits per heavy atom. The minimum absolute atomic E-state index is 0.0251. The fourth-order valence-corrected chi connectivity index (χ4v) is 5.27. The van der Waals surface area contributed by atoms with Gasteiger partial charge in [0.2, 0.25) is 0 Å². The van der Waals surface area contributed by atoms with Crippen LogP contribution in [-0.4, -0.2) is 39.1 Å². The Balaban J connectivity index is 1.92. The molecule has 0 bridgehead atoms. The molecular formula is C24H32N2O2S2. The summed E-state index contributed by atoms with van der Waals surface area (Å²) in [5.74, 6) is 2.15. The molecule has 0 unspecified atom stereocenters. The van der Waals surface area contributed by atoms with Crippen LogP contribution in [0.25, 0.3) is 11.0 Å². The lowest BCUT2D eigenvalue weighted by molar-refractivity contribution is 0.0934. The monoisotopic (exact) mass is 444 g/mol. The van der Waals surface area contributed by atoms with Crippen molar-refractivity contribution >= 4 is 39.9 Å². The third-order valence-electron chi connectivity index (χ3n) is 5.77. The van der Waals surface area contributed by atoms with E-state index in [4.69, 9.17) is 4.98 Å². The molecule has 3 aromatic rings. The Morgan fingerprint density at radius 2 is 2.07 bits per heavy atom. The van der Waals surface area contributed by atoms with Crippen molar-refractivity contribution in [2.24, 2.45) is 5.92 Å². The summed E-state index contributed by atoms with van der Waals surface area (Å²) in [6.45, 7) is 4.50. The highest BCUT2D eigenvalue weighted by atomic mass is 32.2. The number of rotatable bonds is 12. The molecule has 1 aromatic carbocycles. The average Bonchev–Trinajstić information content (AvgIpc) is 3.39. The van der Waals surface area contributed by atoms with Gasteiger partial charge in [0, 0.05) is 35.9 Å². The van der Waals surface area contributed by atoms with E-state index in [0.29, 0.717) is 18.0 Å². The quantitative estimate of drug-likeness (QED) is 0.349. The number of aromatic nitrogens is 2. The number of hydrogen-bond donors (Lipinski definition) is 1. The van der Waals surface area contributed by atoms with E-state index in [1.54, 1.807) is 23.1 Å². The second-order valence-corrected chi connectivity index (χ2v) is 9.80. The molecule has 4 nitrogen and oxygen atoms in total. The molecular weight excluding hydrogens is 412 g/mol. The molecule has 0 fully saturated rings. The van der Waals surface area contributed by atoms with Gasteiger partial charge in [-0.05, 0) is 66.8 Å². The lowest BCUT2D eigenvalue weighted by atomic mass is 9.96. The molecule has 0 spiro atoms. The summed E-state index contributed by atoms with van der Waals surface area (Å²) < 4.78 is 2.37. The van der Waals surface area contributed by atoms with Crippen molar-refractivity contribution < 1.29 is 9.90 Å². The highest BCUT2D eigenvalue weighted by Crippen LogP contribution is 2.29. The van der Waals surface area contributed by atoms with Crippen LogP contribution in [0.2, 0.25) is 0 Å². The first-order valence-corrected chi connectivity index (χ1v) is 13.0. The van der Waals surface area contributed by atoms with E-state index < -0.39 is 0 Å². The van der Waals surface area contributed by atoms with Crippen LogP contribution >= 0.6 is 23.1 Å². The summed E-state index contributed by atoms with van der Waals surface area (Å²) in [6, 6.07) is 10.6. The molecule has 1 atom stereocenters. The molecule has 2 aromatic heterocycles. The number of ketones is 1. The molecule has 6 heteroatoms. The molecule has 0 aliphatic rings. The maximum atomic E-state index is 12.9. The van der Waals surface area contributed by atoms with E-state index >= 15 is 0 Å². The van der Waals surface area contributed by atoms with Crippen LogP contribution in [0.4, 0.5) is 0 Å². The molecule has 0 saturated carbocycles. The van der Waals surface area contributed by atoms with Crippen LogP contribution in [0.5, 0.6) is 0 Å². The van der Waals surface area contributed by atoms with E-state index in [-0.39, 0.29) is 18.3 Å². The van der Waals surface area contributed by atoms with Gasteiger partial charge in [-0.3, -0.25) is 4.79 Å². The lowest BCUT2D eigenvalue weighted by Crippen LogP contribution is -2.14. The Bertz CT molecular complexity index is 946. The van der Waals surface area contributed by atoms with Gasteiger partial charge >= 0.3 is 0 Å². The number of nitrogens with zero attached hydrogens (tertiary/aromatic N) is 2. The van der Waals surface area contributed by atoms with Crippen LogP contribution < -0.4 is 0 Å². The van der Waals surface area contributed by atoms with E-state index in [1.807, 2.05) is 18.4 Å². The standard InChI is InChI=1S/C24H32N2O2S2/c1-4-19(5-2)26-22-9-8-18(23(28)13-17(16-27)10-12-29-3)14-21(22)25-24(26)15-20-7-6-11-30-20/h6-9,11,14,17,19,27H,4-5,10,12-13,15-16H2,1-3H3/t17-/m0/s1. The minimum atomic E-state index is 0.0251. The van der Waals surface area contributed by atoms with Crippen LogP contribution in [-0.2, 0) is 6.42 Å². The topological polar surface area (TPSA) is 55.1 Å². The van der Waals surface area contributed by atoms with Crippen LogP contribution in [0.1, 0.15) is 66.6 Å². The van der Waals surface area contributed by atoms with E-state index in [9.17, 15) is 9.90 Å². The Labute approximate surface area is 187 Å². The SMILES string of the molecule is CCC(CC)n1c(Cc2cccs2)nc2cc(C(=O)C[C@@H](CO)CCSC)ccc21. The van der Waals surface area contributed by atoms with Crippen molar-refractivity contribution in [2.75, 3.05) is 18.6 Å². The van der Waals surface area contributed by atoms with Gasteiger partial charge in [-0.25, -0.2) is 4.98 Å². The Morgan fingerprint density at radius 1 is 1.27 bits per heavy atom. The highest BCUT2D eigenvalue weighted by molar-refractivity contribution is 7.98. The van der Waals surface area contributed by atoms with E-state index in [1.165, 1.54) is 4.88 Å². The molecule has 0 aliphatic carbocycles. The Hall–Kier alpha value is -1.63. The van der Waals surface area contributed by atoms with Gasteiger partial charge in [0.15, 0.2) is 5.78 Å². The molecule has 3 rings (SSSR count). The maximum absolute atomic E-state index is 12.9. The molecule has 30 heavy (non-hydrogen) atoms. The number of fused-ring (bicyclic) bond motifs is 1. The summed E-state index contributed by atoms with van der Waals surface area (Å²) in [5.41, 5.74) is 2.69. The summed E-state index contributed by atoms with van der Waals surface area (Å²) in [5, 5.41) is 11.7. The Kier molecular flexibility index (Phi) is 8.54. The van der Waals surface area contributed by atoms with Crippen molar-refractivity contribution in [1.29, 1.82) is 0 Å². The second-order valence-electron chi connectivity index (χ2n) is 7.79. The summed E-state index contributed by atoms with van der Waals surface area (Å²) >= 11 is 3.50. The first-order chi connectivity index (χ1) is 14.6. The fourth-order valence-electron chi connectivity index (χ4n) is 4.00. The summed E-state index contributed by atoms with van der Waals surface area (Å²) in [6.07, 6.45) is 6.21. The summed E-state index contributed by atoms with van der Waals surface area (Å²) in [4.78, 5) is 19.1. The van der Waals surface area contributed by atoms with Crippen LogP contribution in [0.3, 0.4) is 0 Å². The van der Waals surface area contributed by atoms with Gasteiger partial charge in [-0.15, -0.1) is 11.3 Å². The van der Waals surface area contributed by atoms with Crippen LogP contribution in [0, 0.1) is 5.92 Å². The fraction of sp³-hybridized carbons (Fsp3) is 0.500. The maximum Gasteiger partial charge on any atom is 0.163 e. The number of hydrogen-bond acceptors (Lipinski definition) is 5. The van der Waals surface area contributed by atoms with Gasteiger partial charge in [-0.2, -0.15) is 11.8 Å². The smallest absolute Gasteiger partial charge is 0.163 e. The van der Waals surface area contributed by atoms with E-state index in [2.05, 4.69) is 42.0 Å². The largest absolute Gasteiger partial charge is 0.396 e. The molecule has 162 valence electrons. The number of aliphatic hydroxyl groups excluding tert-OH is 1. The molecule has 1 N–H and O–H groups in total. The van der Waals surface area contributed by atoms with Crippen LogP contribution in [0.15, 0.2) is 35.7 Å². The normalized spacial score (nSPS) is 12.7. The number of thiophene rings is 1. The van der Waals surface area contributed by atoms with Gasteiger partial charge < -0.3 is 9.67 Å². The summed E-state index contributed by atoms with van der Waals surface area (Å²) in [7, 11) is 0. The zero-order valence-electron chi connectivity index (χ0n) is 18.1.